The average molecular weight is 329 g/mol. The van der Waals surface area contributed by atoms with Crippen LogP contribution in [0.3, 0.4) is 0 Å². The summed E-state index contributed by atoms with van der Waals surface area (Å²) in [6.07, 6.45) is 0. The number of hydrogen-bond acceptors (Lipinski definition) is 3. The van der Waals surface area contributed by atoms with Crippen molar-refractivity contribution in [3.8, 4) is 5.75 Å². The summed E-state index contributed by atoms with van der Waals surface area (Å²) in [5.74, 6) is 2.57. The number of thioether (sulfide) groups is 1. The number of methoxy groups -OCH3 is 1. The van der Waals surface area contributed by atoms with Crippen LogP contribution in [0.15, 0.2) is 54.6 Å². The quantitative estimate of drug-likeness (QED) is 0.799. The van der Waals surface area contributed by atoms with Gasteiger partial charge in [-0.2, -0.15) is 0 Å². The minimum absolute atomic E-state index is 0.0892. The third-order valence-corrected chi connectivity index (χ3v) is 4.64. The van der Waals surface area contributed by atoms with Gasteiger partial charge >= 0.3 is 0 Å². The van der Waals surface area contributed by atoms with Gasteiger partial charge < -0.3 is 10.1 Å². The van der Waals surface area contributed by atoms with Crippen LogP contribution in [0.4, 0.5) is 0 Å². The SMILES string of the molecule is COc1ccc(CSCC(=O)NC[C@@H](C)c2ccccc2)cc1. The molecule has 0 aliphatic rings. The third-order valence-electron chi connectivity index (χ3n) is 3.63. The molecule has 0 spiro atoms. The van der Waals surface area contributed by atoms with Crippen LogP contribution in [-0.4, -0.2) is 25.3 Å². The van der Waals surface area contributed by atoms with E-state index in [0.29, 0.717) is 18.2 Å². The van der Waals surface area contributed by atoms with Crippen LogP contribution < -0.4 is 10.1 Å². The first-order chi connectivity index (χ1) is 11.2. The molecule has 1 amide bonds. The molecule has 0 fully saturated rings. The van der Waals surface area contributed by atoms with Gasteiger partial charge in [0, 0.05) is 12.3 Å². The average Bonchev–Trinajstić information content (AvgIpc) is 2.61. The summed E-state index contributed by atoms with van der Waals surface area (Å²) in [6.45, 7) is 2.80. The van der Waals surface area contributed by atoms with Gasteiger partial charge in [0.05, 0.1) is 12.9 Å². The highest BCUT2D eigenvalue weighted by atomic mass is 32.2. The maximum absolute atomic E-state index is 11.9. The van der Waals surface area contributed by atoms with E-state index in [1.165, 1.54) is 11.1 Å². The monoisotopic (exact) mass is 329 g/mol. The second kappa shape index (κ2) is 9.26. The lowest BCUT2D eigenvalue weighted by Crippen LogP contribution is -2.29. The Bertz CT molecular complexity index is 599. The van der Waals surface area contributed by atoms with E-state index in [1.807, 2.05) is 42.5 Å². The lowest BCUT2D eigenvalue weighted by atomic mass is 10.0. The Morgan fingerprint density at radius 1 is 1.13 bits per heavy atom. The van der Waals surface area contributed by atoms with E-state index in [0.717, 1.165) is 11.5 Å². The van der Waals surface area contributed by atoms with Crippen molar-refractivity contribution in [1.82, 2.24) is 5.32 Å². The van der Waals surface area contributed by atoms with Crippen molar-refractivity contribution in [3.63, 3.8) is 0 Å². The van der Waals surface area contributed by atoms with E-state index >= 15 is 0 Å². The van der Waals surface area contributed by atoms with Crippen molar-refractivity contribution in [1.29, 1.82) is 0 Å². The smallest absolute Gasteiger partial charge is 0.230 e. The molecule has 4 heteroatoms. The van der Waals surface area contributed by atoms with Crippen LogP contribution in [-0.2, 0) is 10.5 Å². The first-order valence-corrected chi connectivity index (χ1v) is 8.87. The zero-order chi connectivity index (χ0) is 16.5. The van der Waals surface area contributed by atoms with E-state index in [4.69, 9.17) is 4.74 Å². The second-order valence-corrected chi connectivity index (χ2v) is 6.44. The molecule has 0 aromatic heterocycles. The van der Waals surface area contributed by atoms with Gasteiger partial charge in [0.15, 0.2) is 0 Å². The summed E-state index contributed by atoms with van der Waals surface area (Å²) >= 11 is 1.62. The third kappa shape index (κ3) is 5.99. The minimum atomic E-state index is 0.0892. The number of carbonyl (C=O) groups excluding carboxylic acids is 1. The lowest BCUT2D eigenvalue weighted by Gasteiger charge is -2.13. The molecule has 2 rings (SSSR count). The molecule has 0 aliphatic carbocycles. The molecule has 2 aromatic rings. The van der Waals surface area contributed by atoms with E-state index < -0.39 is 0 Å². The van der Waals surface area contributed by atoms with Gasteiger partial charge in [0.2, 0.25) is 5.91 Å². The van der Waals surface area contributed by atoms with Crippen LogP contribution in [0, 0.1) is 0 Å². The molecule has 1 atom stereocenters. The summed E-state index contributed by atoms with van der Waals surface area (Å²) in [5, 5.41) is 3.01. The molecule has 0 saturated heterocycles. The molecular weight excluding hydrogens is 306 g/mol. The van der Waals surface area contributed by atoms with Crippen molar-refractivity contribution in [2.45, 2.75) is 18.6 Å². The van der Waals surface area contributed by atoms with Gasteiger partial charge in [0.25, 0.3) is 0 Å². The number of rotatable bonds is 8. The van der Waals surface area contributed by atoms with Crippen LogP contribution >= 0.6 is 11.8 Å². The number of nitrogens with one attached hydrogen (secondary N) is 1. The highest BCUT2D eigenvalue weighted by molar-refractivity contribution is 7.99. The molecule has 0 saturated carbocycles. The first kappa shape index (κ1) is 17.4. The van der Waals surface area contributed by atoms with Gasteiger partial charge in [-0.3, -0.25) is 4.79 Å². The lowest BCUT2D eigenvalue weighted by molar-refractivity contribution is -0.118. The second-order valence-electron chi connectivity index (χ2n) is 5.46. The van der Waals surface area contributed by atoms with Gasteiger partial charge in [-0.25, -0.2) is 0 Å². The molecule has 23 heavy (non-hydrogen) atoms. The highest BCUT2D eigenvalue weighted by Crippen LogP contribution is 2.17. The molecule has 0 bridgehead atoms. The van der Waals surface area contributed by atoms with Crippen molar-refractivity contribution >= 4 is 17.7 Å². The zero-order valence-corrected chi connectivity index (χ0v) is 14.4. The summed E-state index contributed by atoms with van der Waals surface area (Å²) in [5.41, 5.74) is 2.44. The molecule has 0 radical (unpaired) electrons. The number of ether oxygens (including phenoxy) is 1. The molecule has 0 aliphatic heterocycles. The maximum atomic E-state index is 11.9. The van der Waals surface area contributed by atoms with Crippen molar-refractivity contribution in [2.24, 2.45) is 0 Å². The van der Waals surface area contributed by atoms with Crippen LogP contribution in [0.2, 0.25) is 0 Å². The Kier molecular flexibility index (Phi) is 7.01. The Morgan fingerprint density at radius 2 is 1.83 bits per heavy atom. The number of amides is 1. The number of carbonyl (C=O) groups is 1. The Hall–Kier alpha value is -1.94. The van der Waals surface area contributed by atoms with Crippen LogP contribution in [0.25, 0.3) is 0 Å². The van der Waals surface area contributed by atoms with Gasteiger partial charge in [-0.1, -0.05) is 49.4 Å². The molecule has 2 aromatic carbocycles. The summed E-state index contributed by atoms with van der Waals surface area (Å²) in [4.78, 5) is 11.9. The number of benzene rings is 2. The highest BCUT2D eigenvalue weighted by Gasteiger charge is 2.07. The normalized spacial score (nSPS) is 11.7. The largest absolute Gasteiger partial charge is 0.497 e. The Labute approximate surface area is 142 Å². The van der Waals surface area contributed by atoms with Gasteiger partial charge in [-0.15, -0.1) is 11.8 Å². The fraction of sp³-hybridized carbons (Fsp3) is 0.316. The molecule has 0 unspecified atom stereocenters. The first-order valence-electron chi connectivity index (χ1n) is 7.71. The molecular formula is C19H23NO2S. The Morgan fingerprint density at radius 3 is 2.48 bits per heavy atom. The van der Waals surface area contributed by atoms with E-state index in [9.17, 15) is 4.79 Å². The van der Waals surface area contributed by atoms with E-state index in [2.05, 4.69) is 24.4 Å². The predicted octanol–water partition coefficient (Wildman–Crippen LogP) is 3.85. The van der Waals surface area contributed by atoms with Crippen LogP contribution in [0.5, 0.6) is 5.75 Å². The fourth-order valence-electron chi connectivity index (χ4n) is 2.20. The van der Waals surface area contributed by atoms with Crippen molar-refractivity contribution in [2.75, 3.05) is 19.4 Å². The number of hydrogen-bond donors (Lipinski definition) is 1. The van der Waals surface area contributed by atoms with Crippen molar-refractivity contribution in [3.05, 3.63) is 65.7 Å². The molecule has 3 nitrogen and oxygen atoms in total. The molecule has 0 heterocycles. The Balaban J connectivity index is 1.66. The molecule has 122 valence electrons. The van der Waals surface area contributed by atoms with E-state index in [1.54, 1.807) is 18.9 Å². The fourth-order valence-corrected chi connectivity index (χ4v) is 3.02. The molecule has 1 N–H and O–H groups in total. The zero-order valence-electron chi connectivity index (χ0n) is 13.6. The predicted molar refractivity (Wildman–Crippen MR) is 97.0 cm³/mol. The maximum Gasteiger partial charge on any atom is 0.230 e. The van der Waals surface area contributed by atoms with Crippen LogP contribution in [0.1, 0.15) is 24.0 Å². The standard InChI is InChI=1S/C19H23NO2S/c1-15(17-6-4-3-5-7-17)12-20-19(21)14-23-13-16-8-10-18(22-2)11-9-16/h3-11,15H,12-14H2,1-2H3,(H,20,21)/t15-/m1/s1. The van der Waals surface area contributed by atoms with Crippen molar-refractivity contribution < 1.29 is 9.53 Å². The van der Waals surface area contributed by atoms with Gasteiger partial charge in [-0.05, 0) is 29.2 Å². The topological polar surface area (TPSA) is 38.3 Å². The summed E-state index contributed by atoms with van der Waals surface area (Å²) in [7, 11) is 1.66. The summed E-state index contributed by atoms with van der Waals surface area (Å²) in [6, 6.07) is 18.2. The summed E-state index contributed by atoms with van der Waals surface area (Å²) < 4.78 is 5.13. The minimum Gasteiger partial charge on any atom is -0.497 e. The van der Waals surface area contributed by atoms with E-state index in [-0.39, 0.29) is 5.91 Å². The van der Waals surface area contributed by atoms with Gasteiger partial charge in [0.1, 0.15) is 5.75 Å².